The topological polar surface area (TPSA) is 75.7 Å². The lowest BCUT2D eigenvalue weighted by molar-refractivity contribution is -0.114. The molecule has 0 atom stereocenters. The van der Waals surface area contributed by atoms with Crippen LogP contribution in [0.15, 0.2) is 29.2 Å². The Hall–Kier alpha value is -1.44. The molecule has 2 rings (SSSR count). The summed E-state index contributed by atoms with van der Waals surface area (Å²) in [5.41, 5.74) is 0.583. The van der Waals surface area contributed by atoms with E-state index < -0.39 is 10.0 Å². The number of anilines is 1. The Morgan fingerprint density at radius 3 is 2.29 bits per heavy atom. The van der Waals surface area contributed by atoms with Crippen molar-refractivity contribution in [3.05, 3.63) is 24.3 Å². The molecule has 7 heteroatoms. The van der Waals surface area contributed by atoms with Crippen LogP contribution in [0.3, 0.4) is 0 Å². The molecule has 0 spiro atoms. The van der Waals surface area contributed by atoms with Crippen molar-refractivity contribution in [1.82, 2.24) is 4.31 Å². The van der Waals surface area contributed by atoms with E-state index in [1.165, 1.54) is 23.4 Å². The van der Waals surface area contributed by atoms with Crippen molar-refractivity contribution >= 4 is 21.6 Å². The molecule has 1 N–H and O–H groups in total. The van der Waals surface area contributed by atoms with Gasteiger partial charge in [-0.05, 0) is 37.1 Å². The van der Waals surface area contributed by atoms with E-state index in [1.807, 2.05) is 0 Å². The second-order valence-electron chi connectivity index (χ2n) is 5.04. The minimum absolute atomic E-state index is 0.138. The van der Waals surface area contributed by atoms with Crippen molar-refractivity contribution in [3.63, 3.8) is 0 Å². The Bertz CT molecular complexity index is 590. The van der Waals surface area contributed by atoms with Gasteiger partial charge < -0.3 is 10.1 Å². The molecule has 1 aromatic rings. The molecular formula is C14H20N2O4S. The summed E-state index contributed by atoms with van der Waals surface area (Å²) in [6, 6.07) is 6.22. The van der Waals surface area contributed by atoms with Crippen LogP contribution in [0.2, 0.25) is 0 Å². The number of rotatable bonds is 4. The highest BCUT2D eigenvalue weighted by Gasteiger charge is 2.29. The van der Waals surface area contributed by atoms with Crippen molar-refractivity contribution in [2.75, 3.05) is 25.5 Å². The predicted octanol–water partition coefficient (Wildman–Crippen LogP) is 1.44. The molecule has 1 amide bonds. The number of carbonyl (C=O) groups excluding carboxylic acids is 1. The fourth-order valence-electron chi connectivity index (χ4n) is 2.37. The molecule has 0 aliphatic carbocycles. The Balaban J connectivity index is 2.11. The van der Waals surface area contributed by atoms with Gasteiger partial charge in [-0.15, -0.1) is 0 Å². The van der Waals surface area contributed by atoms with Gasteiger partial charge in [-0.25, -0.2) is 8.42 Å². The van der Waals surface area contributed by atoms with Gasteiger partial charge in [0.2, 0.25) is 15.9 Å². The number of ether oxygens (including phenoxy) is 1. The molecule has 6 nitrogen and oxygen atoms in total. The van der Waals surface area contributed by atoms with E-state index in [0.29, 0.717) is 31.6 Å². The molecule has 0 radical (unpaired) electrons. The quantitative estimate of drug-likeness (QED) is 0.913. The zero-order chi connectivity index (χ0) is 15.5. The molecule has 1 heterocycles. The van der Waals surface area contributed by atoms with Gasteiger partial charge in [0.25, 0.3) is 0 Å². The number of methoxy groups -OCH3 is 1. The second kappa shape index (κ2) is 6.55. The van der Waals surface area contributed by atoms with Gasteiger partial charge in [0.05, 0.1) is 11.0 Å². The molecule has 1 fully saturated rings. The van der Waals surface area contributed by atoms with Gasteiger partial charge in [0.15, 0.2) is 0 Å². The van der Waals surface area contributed by atoms with Gasteiger partial charge in [-0.1, -0.05) is 0 Å². The summed E-state index contributed by atoms with van der Waals surface area (Å²) < 4.78 is 31.8. The average Bonchev–Trinajstić information content (AvgIpc) is 2.47. The van der Waals surface area contributed by atoms with E-state index in [9.17, 15) is 13.2 Å². The van der Waals surface area contributed by atoms with Gasteiger partial charge >= 0.3 is 0 Å². The van der Waals surface area contributed by atoms with Gasteiger partial charge in [-0.3, -0.25) is 4.79 Å². The first-order chi connectivity index (χ1) is 9.93. The lowest BCUT2D eigenvalue weighted by Gasteiger charge is -2.30. The summed E-state index contributed by atoms with van der Waals surface area (Å²) in [6.07, 6.45) is 1.55. The summed E-state index contributed by atoms with van der Waals surface area (Å²) in [4.78, 5) is 11.2. The maximum absolute atomic E-state index is 12.5. The van der Waals surface area contributed by atoms with Crippen molar-refractivity contribution < 1.29 is 17.9 Å². The Labute approximate surface area is 125 Å². The summed E-state index contributed by atoms with van der Waals surface area (Å²) >= 11 is 0. The minimum atomic E-state index is -3.47. The Morgan fingerprint density at radius 2 is 1.81 bits per heavy atom. The van der Waals surface area contributed by atoms with E-state index in [0.717, 1.165) is 0 Å². The molecule has 0 saturated carbocycles. The first kappa shape index (κ1) is 15.9. The number of benzene rings is 1. The van der Waals surface area contributed by atoms with Crippen LogP contribution >= 0.6 is 0 Å². The van der Waals surface area contributed by atoms with Crippen LogP contribution in [0.25, 0.3) is 0 Å². The molecule has 0 unspecified atom stereocenters. The maximum Gasteiger partial charge on any atom is 0.243 e. The molecular weight excluding hydrogens is 292 g/mol. The van der Waals surface area contributed by atoms with Crippen LogP contribution in [-0.2, 0) is 19.6 Å². The first-order valence-corrected chi connectivity index (χ1v) is 8.28. The highest BCUT2D eigenvalue weighted by molar-refractivity contribution is 7.89. The van der Waals surface area contributed by atoms with Crippen molar-refractivity contribution in [2.45, 2.75) is 30.8 Å². The largest absolute Gasteiger partial charge is 0.381 e. The standard InChI is InChI=1S/C14H20N2O4S/c1-11(17)15-12-3-5-14(6-4-12)21(18,19)16-9-7-13(20-2)8-10-16/h3-6,13H,7-10H2,1-2H3,(H,15,17). The van der Waals surface area contributed by atoms with E-state index in [-0.39, 0.29) is 16.9 Å². The van der Waals surface area contributed by atoms with Crippen LogP contribution in [0.5, 0.6) is 0 Å². The Morgan fingerprint density at radius 1 is 1.24 bits per heavy atom. The van der Waals surface area contributed by atoms with Crippen LogP contribution in [-0.4, -0.2) is 44.9 Å². The first-order valence-electron chi connectivity index (χ1n) is 6.84. The number of hydrogen-bond donors (Lipinski definition) is 1. The lowest BCUT2D eigenvalue weighted by Crippen LogP contribution is -2.40. The number of hydrogen-bond acceptors (Lipinski definition) is 4. The van der Waals surface area contributed by atoms with E-state index in [4.69, 9.17) is 4.74 Å². The summed E-state index contributed by atoms with van der Waals surface area (Å²) in [7, 11) is -1.83. The van der Waals surface area contributed by atoms with Crippen molar-refractivity contribution in [1.29, 1.82) is 0 Å². The van der Waals surface area contributed by atoms with Crippen LogP contribution in [0.1, 0.15) is 19.8 Å². The molecule has 1 aliphatic heterocycles. The lowest BCUT2D eigenvalue weighted by atomic mass is 10.1. The normalized spacial score (nSPS) is 17.6. The van der Waals surface area contributed by atoms with Gasteiger partial charge in [0, 0.05) is 32.8 Å². The fraction of sp³-hybridized carbons (Fsp3) is 0.500. The third-order valence-corrected chi connectivity index (χ3v) is 5.46. The summed E-state index contributed by atoms with van der Waals surface area (Å²) in [5, 5.41) is 2.61. The van der Waals surface area contributed by atoms with E-state index in [2.05, 4.69) is 5.32 Å². The van der Waals surface area contributed by atoms with Gasteiger partial charge in [0.1, 0.15) is 0 Å². The molecule has 116 valence electrons. The van der Waals surface area contributed by atoms with Crippen LogP contribution in [0, 0.1) is 0 Å². The SMILES string of the molecule is COC1CCN(S(=O)(=O)c2ccc(NC(C)=O)cc2)CC1. The van der Waals surface area contributed by atoms with Crippen molar-refractivity contribution in [3.8, 4) is 0 Å². The number of amides is 1. The second-order valence-corrected chi connectivity index (χ2v) is 6.98. The maximum atomic E-state index is 12.5. The van der Waals surface area contributed by atoms with Crippen LogP contribution < -0.4 is 5.32 Å². The average molecular weight is 312 g/mol. The molecule has 1 aliphatic rings. The molecule has 1 saturated heterocycles. The molecule has 0 aromatic heterocycles. The predicted molar refractivity (Wildman–Crippen MR) is 79.5 cm³/mol. The third kappa shape index (κ3) is 3.81. The number of carbonyl (C=O) groups is 1. The monoisotopic (exact) mass is 312 g/mol. The smallest absolute Gasteiger partial charge is 0.243 e. The number of nitrogens with zero attached hydrogens (tertiary/aromatic N) is 1. The molecule has 1 aromatic carbocycles. The Kier molecular flexibility index (Phi) is 4.97. The number of piperidine rings is 1. The highest BCUT2D eigenvalue weighted by Crippen LogP contribution is 2.23. The minimum Gasteiger partial charge on any atom is -0.381 e. The highest BCUT2D eigenvalue weighted by atomic mass is 32.2. The zero-order valence-electron chi connectivity index (χ0n) is 12.2. The summed E-state index contributed by atoms with van der Waals surface area (Å²) in [5.74, 6) is -0.188. The molecule has 0 bridgehead atoms. The number of nitrogens with one attached hydrogen (secondary N) is 1. The van der Waals surface area contributed by atoms with Crippen LogP contribution in [0.4, 0.5) is 5.69 Å². The van der Waals surface area contributed by atoms with E-state index >= 15 is 0 Å². The fourth-order valence-corrected chi connectivity index (χ4v) is 3.84. The van der Waals surface area contributed by atoms with E-state index in [1.54, 1.807) is 19.2 Å². The van der Waals surface area contributed by atoms with Crippen molar-refractivity contribution in [2.24, 2.45) is 0 Å². The number of sulfonamides is 1. The summed E-state index contributed by atoms with van der Waals surface area (Å²) in [6.45, 7) is 2.34. The molecule has 21 heavy (non-hydrogen) atoms. The third-order valence-electron chi connectivity index (χ3n) is 3.55. The van der Waals surface area contributed by atoms with Gasteiger partial charge in [-0.2, -0.15) is 4.31 Å². The zero-order valence-corrected chi connectivity index (χ0v) is 13.0.